The SMILES string of the molecule is CCNC(=NCc1ccc(C)cc1OC)NCC1CCCN(CC(C)C)C1. The molecular weight excluding hydrogens is 336 g/mol. The Bertz CT molecular complexity index is 600. The van der Waals surface area contributed by atoms with Crippen LogP contribution in [-0.2, 0) is 6.54 Å². The summed E-state index contributed by atoms with van der Waals surface area (Å²) in [6.45, 7) is 14.9. The second-order valence-corrected chi connectivity index (χ2v) is 8.05. The molecule has 0 saturated carbocycles. The van der Waals surface area contributed by atoms with Crippen molar-refractivity contribution in [3.63, 3.8) is 0 Å². The Labute approximate surface area is 165 Å². The molecule has 5 heteroatoms. The van der Waals surface area contributed by atoms with Gasteiger partial charge in [0.1, 0.15) is 5.75 Å². The molecule has 1 aromatic rings. The van der Waals surface area contributed by atoms with Crippen molar-refractivity contribution in [1.29, 1.82) is 0 Å². The van der Waals surface area contributed by atoms with Crippen molar-refractivity contribution in [3.8, 4) is 5.75 Å². The van der Waals surface area contributed by atoms with Crippen molar-refractivity contribution in [2.75, 3.05) is 39.8 Å². The van der Waals surface area contributed by atoms with Crippen molar-refractivity contribution >= 4 is 5.96 Å². The predicted octanol–water partition coefficient (Wildman–Crippen LogP) is 3.43. The fourth-order valence-corrected chi connectivity index (χ4v) is 3.73. The highest BCUT2D eigenvalue weighted by Crippen LogP contribution is 2.21. The van der Waals surface area contributed by atoms with Crippen LogP contribution in [0.1, 0.15) is 44.7 Å². The molecule has 2 rings (SSSR count). The lowest BCUT2D eigenvalue weighted by Gasteiger charge is -2.34. The second-order valence-electron chi connectivity index (χ2n) is 8.05. The van der Waals surface area contributed by atoms with Gasteiger partial charge in [-0.15, -0.1) is 0 Å². The van der Waals surface area contributed by atoms with E-state index < -0.39 is 0 Å². The summed E-state index contributed by atoms with van der Waals surface area (Å²) in [6.07, 6.45) is 2.60. The highest BCUT2D eigenvalue weighted by molar-refractivity contribution is 5.79. The maximum absolute atomic E-state index is 5.50. The van der Waals surface area contributed by atoms with E-state index in [1.807, 2.05) is 0 Å². The van der Waals surface area contributed by atoms with Crippen LogP contribution in [0.4, 0.5) is 0 Å². The molecule has 1 fully saturated rings. The predicted molar refractivity (Wildman–Crippen MR) is 115 cm³/mol. The molecule has 1 saturated heterocycles. The third-order valence-corrected chi connectivity index (χ3v) is 4.98. The quantitative estimate of drug-likeness (QED) is 0.541. The van der Waals surface area contributed by atoms with Gasteiger partial charge in [-0.3, -0.25) is 0 Å². The van der Waals surface area contributed by atoms with Crippen LogP contribution in [0.15, 0.2) is 23.2 Å². The fourth-order valence-electron chi connectivity index (χ4n) is 3.73. The Hall–Kier alpha value is -1.75. The summed E-state index contributed by atoms with van der Waals surface area (Å²) in [4.78, 5) is 7.39. The van der Waals surface area contributed by atoms with E-state index in [0.717, 1.165) is 36.3 Å². The van der Waals surface area contributed by atoms with Crippen LogP contribution in [0.2, 0.25) is 0 Å². The van der Waals surface area contributed by atoms with Crippen LogP contribution in [0.3, 0.4) is 0 Å². The molecule has 152 valence electrons. The van der Waals surface area contributed by atoms with Crippen LogP contribution >= 0.6 is 0 Å². The van der Waals surface area contributed by atoms with E-state index in [0.29, 0.717) is 12.5 Å². The summed E-state index contributed by atoms with van der Waals surface area (Å²) in [5, 5.41) is 6.92. The Balaban J connectivity index is 1.92. The molecule has 1 aliphatic heterocycles. The molecule has 2 N–H and O–H groups in total. The topological polar surface area (TPSA) is 48.9 Å². The number of hydrogen-bond donors (Lipinski definition) is 2. The minimum atomic E-state index is 0.614. The van der Waals surface area contributed by atoms with E-state index in [1.165, 1.54) is 38.0 Å². The van der Waals surface area contributed by atoms with Crippen molar-refractivity contribution in [2.24, 2.45) is 16.8 Å². The Morgan fingerprint density at radius 2 is 2.15 bits per heavy atom. The first-order valence-corrected chi connectivity index (χ1v) is 10.4. The molecule has 1 aliphatic rings. The van der Waals surface area contributed by atoms with Gasteiger partial charge in [0, 0.05) is 31.7 Å². The number of nitrogens with one attached hydrogen (secondary N) is 2. The van der Waals surface area contributed by atoms with Gasteiger partial charge in [-0.25, -0.2) is 4.99 Å². The normalized spacial score (nSPS) is 18.6. The lowest BCUT2D eigenvalue weighted by Crippen LogP contribution is -2.45. The van der Waals surface area contributed by atoms with Gasteiger partial charge in [0.15, 0.2) is 5.96 Å². The smallest absolute Gasteiger partial charge is 0.191 e. The maximum Gasteiger partial charge on any atom is 0.191 e. The molecule has 0 spiro atoms. The summed E-state index contributed by atoms with van der Waals surface area (Å²) in [7, 11) is 1.72. The molecule has 27 heavy (non-hydrogen) atoms. The van der Waals surface area contributed by atoms with E-state index in [4.69, 9.17) is 9.73 Å². The maximum atomic E-state index is 5.50. The zero-order chi connectivity index (χ0) is 19.6. The first-order valence-electron chi connectivity index (χ1n) is 10.4. The Morgan fingerprint density at radius 3 is 2.85 bits per heavy atom. The lowest BCUT2D eigenvalue weighted by molar-refractivity contribution is 0.159. The van der Waals surface area contributed by atoms with Gasteiger partial charge in [-0.05, 0) is 56.7 Å². The number of ether oxygens (including phenoxy) is 1. The Morgan fingerprint density at radius 1 is 1.33 bits per heavy atom. The zero-order valence-electron chi connectivity index (χ0n) is 17.8. The molecule has 1 atom stereocenters. The van der Waals surface area contributed by atoms with E-state index >= 15 is 0 Å². The summed E-state index contributed by atoms with van der Waals surface area (Å²) in [5.41, 5.74) is 2.31. The van der Waals surface area contributed by atoms with Crippen LogP contribution in [0.25, 0.3) is 0 Å². The van der Waals surface area contributed by atoms with E-state index in [9.17, 15) is 0 Å². The monoisotopic (exact) mass is 374 g/mol. The number of methoxy groups -OCH3 is 1. The average Bonchev–Trinajstić information content (AvgIpc) is 2.64. The van der Waals surface area contributed by atoms with E-state index in [1.54, 1.807) is 7.11 Å². The summed E-state index contributed by atoms with van der Waals surface area (Å²) in [5.74, 6) is 3.22. The van der Waals surface area contributed by atoms with Crippen LogP contribution in [0.5, 0.6) is 5.75 Å². The van der Waals surface area contributed by atoms with Crippen molar-refractivity contribution < 1.29 is 4.74 Å². The minimum Gasteiger partial charge on any atom is -0.496 e. The van der Waals surface area contributed by atoms with E-state index in [2.05, 4.69) is 61.4 Å². The lowest BCUT2D eigenvalue weighted by atomic mass is 9.97. The number of aryl methyl sites for hydroxylation is 1. The van der Waals surface area contributed by atoms with Gasteiger partial charge >= 0.3 is 0 Å². The number of benzene rings is 1. The molecule has 0 bridgehead atoms. The van der Waals surface area contributed by atoms with Gasteiger partial charge < -0.3 is 20.3 Å². The average molecular weight is 375 g/mol. The molecule has 1 aromatic carbocycles. The molecule has 5 nitrogen and oxygen atoms in total. The molecule has 0 aliphatic carbocycles. The van der Waals surface area contributed by atoms with E-state index in [-0.39, 0.29) is 0 Å². The summed E-state index contributed by atoms with van der Waals surface area (Å²) >= 11 is 0. The zero-order valence-corrected chi connectivity index (χ0v) is 17.8. The van der Waals surface area contributed by atoms with Crippen molar-refractivity contribution in [2.45, 2.75) is 47.1 Å². The minimum absolute atomic E-state index is 0.614. The first-order chi connectivity index (χ1) is 13.0. The van der Waals surface area contributed by atoms with Gasteiger partial charge in [0.2, 0.25) is 0 Å². The number of nitrogens with zero attached hydrogens (tertiary/aromatic N) is 2. The number of piperidine rings is 1. The highest BCUT2D eigenvalue weighted by atomic mass is 16.5. The first kappa shape index (κ1) is 21.5. The van der Waals surface area contributed by atoms with Crippen LogP contribution < -0.4 is 15.4 Å². The number of rotatable bonds is 8. The summed E-state index contributed by atoms with van der Waals surface area (Å²) in [6, 6.07) is 6.28. The molecule has 0 amide bonds. The highest BCUT2D eigenvalue weighted by Gasteiger charge is 2.20. The van der Waals surface area contributed by atoms with Crippen LogP contribution in [-0.4, -0.2) is 50.7 Å². The van der Waals surface area contributed by atoms with Gasteiger partial charge in [-0.2, -0.15) is 0 Å². The number of likely N-dealkylation sites (tertiary alicyclic amines) is 1. The standard InChI is InChI=1S/C22H38N4O/c1-6-23-22(25-14-20-10-9-18(4)12-21(20)27-5)24-13-19-8-7-11-26(16-19)15-17(2)3/h9-10,12,17,19H,6-8,11,13-16H2,1-5H3,(H2,23,24,25). The number of guanidine groups is 1. The second kappa shape index (κ2) is 11.2. The number of aliphatic imine (C=N–C) groups is 1. The molecule has 0 aromatic heterocycles. The van der Waals surface area contributed by atoms with Crippen LogP contribution in [0, 0.1) is 18.8 Å². The van der Waals surface area contributed by atoms with Gasteiger partial charge in [0.25, 0.3) is 0 Å². The van der Waals surface area contributed by atoms with Gasteiger partial charge in [-0.1, -0.05) is 26.0 Å². The van der Waals surface area contributed by atoms with Crippen molar-refractivity contribution in [1.82, 2.24) is 15.5 Å². The molecule has 0 radical (unpaired) electrons. The fraction of sp³-hybridized carbons (Fsp3) is 0.682. The third-order valence-electron chi connectivity index (χ3n) is 4.98. The number of hydrogen-bond acceptors (Lipinski definition) is 3. The summed E-state index contributed by atoms with van der Waals surface area (Å²) < 4.78 is 5.50. The third kappa shape index (κ3) is 7.41. The molecule has 1 unspecified atom stereocenters. The largest absolute Gasteiger partial charge is 0.496 e. The van der Waals surface area contributed by atoms with Gasteiger partial charge in [0.05, 0.1) is 13.7 Å². The van der Waals surface area contributed by atoms with Crippen molar-refractivity contribution in [3.05, 3.63) is 29.3 Å². The molecule has 1 heterocycles. The molecular formula is C22H38N4O. The Kier molecular flexibility index (Phi) is 8.92.